The summed E-state index contributed by atoms with van der Waals surface area (Å²) in [6, 6.07) is 7.44. The molecule has 0 radical (unpaired) electrons. The Morgan fingerprint density at radius 3 is 2.41 bits per heavy atom. The fraction of sp³-hybridized carbons (Fsp3) is 0.312. The van der Waals surface area contributed by atoms with Gasteiger partial charge in [0.25, 0.3) is 0 Å². The van der Waals surface area contributed by atoms with Crippen LogP contribution < -0.4 is 9.46 Å². The smallest absolute Gasteiger partial charge is 0.406 e. The van der Waals surface area contributed by atoms with Gasteiger partial charge in [0, 0.05) is 11.4 Å². The Morgan fingerprint density at radius 2 is 1.89 bits per heavy atom. The van der Waals surface area contributed by atoms with Crippen molar-refractivity contribution in [1.82, 2.24) is 9.62 Å². The van der Waals surface area contributed by atoms with Crippen molar-refractivity contribution in [3.8, 4) is 5.75 Å². The summed E-state index contributed by atoms with van der Waals surface area (Å²) in [6.07, 6.45) is -4.86. The highest BCUT2D eigenvalue weighted by Crippen LogP contribution is 2.23. The number of hydrogen-bond acceptors (Lipinski definition) is 5. The molecule has 0 aliphatic heterocycles. The molecule has 0 fully saturated rings. The number of sulfonamides is 1. The molecule has 0 saturated carbocycles. The van der Waals surface area contributed by atoms with Crippen molar-refractivity contribution in [3.63, 3.8) is 0 Å². The Kier molecular flexibility index (Phi) is 6.84. The Balaban J connectivity index is 1.97. The predicted molar refractivity (Wildman–Crippen MR) is 93.7 cm³/mol. The number of amides is 1. The number of nitrogens with zero attached hydrogens (tertiary/aromatic N) is 1. The van der Waals surface area contributed by atoms with E-state index in [-0.39, 0.29) is 4.90 Å². The lowest BCUT2D eigenvalue weighted by Gasteiger charge is -2.20. The fourth-order valence-corrected chi connectivity index (χ4v) is 3.83. The van der Waals surface area contributed by atoms with E-state index in [2.05, 4.69) is 9.46 Å². The van der Waals surface area contributed by atoms with E-state index in [4.69, 9.17) is 0 Å². The number of carbonyl (C=O) groups excluding carboxylic acids is 1. The standard InChI is InChI=1S/C16H17F3N2O4S2/c1-2-21(11-13-4-3-9-26-13)15(22)10-20-27(23,24)14-7-5-12(6-8-14)25-16(17,18)19/h3-9,20H,2,10-11H2,1H3. The van der Waals surface area contributed by atoms with Gasteiger partial charge in [-0.05, 0) is 42.6 Å². The maximum Gasteiger partial charge on any atom is 0.573 e. The quantitative estimate of drug-likeness (QED) is 0.710. The highest BCUT2D eigenvalue weighted by atomic mass is 32.2. The van der Waals surface area contributed by atoms with Crippen LogP contribution >= 0.6 is 11.3 Å². The second kappa shape index (κ2) is 8.72. The molecular formula is C16H17F3N2O4S2. The number of halogens is 3. The van der Waals surface area contributed by atoms with Crippen molar-refractivity contribution in [2.75, 3.05) is 13.1 Å². The van der Waals surface area contributed by atoms with Gasteiger partial charge >= 0.3 is 6.36 Å². The summed E-state index contributed by atoms with van der Waals surface area (Å²) in [5.74, 6) is -0.947. The Hall–Kier alpha value is -2.11. The molecule has 1 aromatic heterocycles. The van der Waals surface area contributed by atoms with E-state index in [0.29, 0.717) is 13.1 Å². The van der Waals surface area contributed by atoms with Crippen molar-refractivity contribution >= 4 is 27.3 Å². The summed E-state index contributed by atoms with van der Waals surface area (Å²) < 4.78 is 66.7. The van der Waals surface area contributed by atoms with Gasteiger partial charge in [-0.15, -0.1) is 24.5 Å². The van der Waals surface area contributed by atoms with Gasteiger partial charge in [0.05, 0.1) is 18.0 Å². The maximum absolute atomic E-state index is 12.2. The molecule has 0 saturated heterocycles. The van der Waals surface area contributed by atoms with Gasteiger partial charge in [-0.2, -0.15) is 0 Å². The number of likely N-dealkylation sites (N-methyl/N-ethyl adjacent to an activating group) is 1. The second-order valence-corrected chi connectivity index (χ2v) is 8.13. The zero-order chi connectivity index (χ0) is 20.1. The van der Waals surface area contributed by atoms with Crippen molar-refractivity contribution in [1.29, 1.82) is 0 Å². The Labute approximate surface area is 158 Å². The van der Waals surface area contributed by atoms with Gasteiger partial charge in [-0.3, -0.25) is 4.79 Å². The van der Waals surface area contributed by atoms with Crippen LogP contribution in [-0.2, 0) is 21.4 Å². The molecule has 6 nitrogen and oxygen atoms in total. The first-order valence-corrected chi connectivity index (χ1v) is 10.1. The number of nitrogens with one attached hydrogen (secondary N) is 1. The van der Waals surface area contributed by atoms with E-state index >= 15 is 0 Å². The number of benzene rings is 1. The van der Waals surface area contributed by atoms with Crippen LogP contribution in [0, 0.1) is 0 Å². The van der Waals surface area contributed by atoms with Crippen LogP contribution in [0.2, 0.25) is 0 Å². The molecule has 1 heterocycles. The van der Waals surface area contributed by atoms with Gasteiger partial charge in [0.1, 0.15) is 5.75 Å². The average molecular weight is 422 g/mol. The van der Waals surface area contributed by atoms with Crippen LogP contribution in [0.4, 0.5) is 13.2 Å². The monoisotopic (exact) mass is 422 g/mol. The van der Waals surface area contributed by atoms with Crippen molar-refractivity contribution in [3.05, 3.63) is 46.7 Å². The summed E-state index contributed by atoms with van der Waals surface area (Å²) in [5.41, 5.74) is 0. The number of hydrogen-bond donors (Lipinski definition) is 1. The van der Waals surface area contributed by atoms with Crippen molar-refractivity contribution in [2.45, 2.75) is 24.7 Å². The van der Waals surface area contributed by atoms with Gasteiger partial charge in [-0.1, -0.05) is 6.07 Å². The third-order valence-corrected chi connectivity index (χ3v) is 5.72. The van der Waals surface area contributed by atoms with Gasteiger partial charge in [-0.25, -0.2) is 13.1 Å². The zero-order valence-corrected chi connectivity index (χ0v) is 15.8. The molecule has 0 aliphatic rings. The average Bonchev–Trinajstić information content (AvgIpc) is 3.10. The fourth-order valence-electron chi connectivity index (χ4n) is 2.14. The molecule has 0 bridgehead atoms. The molecule has 0 unspecified atom stereocenters. The summed E-state index contributed by atoms with van der Waals surface area (Å²) in [7, 11) is -4.05. The zero-order valence-electron chi connectivity index (χ0n) is 14.2. The molecule has 1 aromatic carbocycles. The summed E-state index contributed by atoms with van der Waals surface area (Å²) in [5, 5.41) is 1.88. The van der Waals surface area contributed by atoms with E-state index in [1.807, 2.05) is 17.5 Å². The van der Waals surface area contributed by atoms with Crippen LogP contribution in [0.25, 0.3) is 0 Å². The van der Waals surface area contributed by atoms with Gasteiger partial charge < -0.3 is 9.64 Å². The van der Waals surface area contributed by atoms with Crippen molar-refractivity contribution < 1.29 is 31.1 Å². The molecule has 148 valence electrons. The highest BCUT2D eigenvalue weighted by molar-refractivity contribution is 7.89. The first-order valence-electron chi connectivity index (χ1n) is 7.76. The van der Waals surface area contributed by atoms with Crippen LogP contribution in [0.5, 0.6) is 5.75 Å². The third kappa shape index (κ3) is 6.52. The summed E-state index contributed by atoms with van der Waals surface area (Å²) in [4.78, 5) is 14.4. The van der Waals surface area contributed by atoms with Crippen LogP contribution in [0.15, 0.2) is 46.7 Å². The number of thiophene rings is 1. The lowest BCUT2D eigenvalue weighted by molar-refractivity contribution is -0.274. The van der Waals surface area contributed by atoms with E-state index in [1.165, 1.54) is 16.2 Å². The number of alkyl halides is 3. The minimum atomic E-state index is -4.86. The minimum Gasteiger partial charge on any atom is -0.406 e. The van der Waals surface area contributed by atoms with Gasteiger partial charge in [0.2, 0.25) is 15.9 Å². The molecule has 2 rings (SSSR count). The van der Waals surface area contributed by atoms with Crippen LogP contribution in [-0.4, -0.2) is 38.7 Å². The Bertz CT molecular complexity index is 851. The molecule has 2 aromatic rings. The SMILES string of the molecule is CCN(Cc1cccs1)C(=O)CNS(=O)(=O)c1ccc(OC(F)(F)F)cc1. The number of carbonyl (C=O) groups is 1. The molecule has 1 amide bonds. The van der Waals surface area contributed by atoms with Crippen molar-refractivity contribution in [2.24, 2.45) is 0 Å². The first kappa shape index (κ1) is 21.2. The first-order chi connectivity index (χ1) is 12.6. The topological polar surface area (TPSA) is 75.7 Å². The molecular weight excluding hydrogens is 405 g/mol. The van der Waals surface area contributed by atoms with E-state index in [1.54, 1.807) is 6.92 Å². The summed E-state index contributed by atoms with van der Waals surface area (Å²) >= 11 is 1.49. The molecule has 0 spiro atoms. The normalized spacial score (nSPS) is 12.0. The van der Waals surface area contributed by atoms with E-state index < -0.39 is 34.6 Å². The lowest BCUT2D eigenvalue weighted by Crippen LogP contribution is -2.39. The molecule has 1 N–H and O–H groups in total. The second-order valence-electron chi connectivity index (χ2n) is 5.33. The van der Waals surface area contributed by atoms with E-state index in [9.17, 15) is 26.4 Å². The van der Waals surface area contributed by atoms with Crippen LogP contribution in [0.1, 0.15) is 11.8 Å². The maximum atomic E-state index is 12.2. The molecule has 0 aliphatic carbocycles. The summed E-state index contributed by atoms with van der Waals surface area (Å²) in [6.45, 7) is 2.10. The van der Waals surface area contributed by atoms with E-state index in [0.717, 1.165) is 29.1 Å². The minimum absolute atomic E-state index is 0.272. The molecule has 27 heavy (non-hydrogen) atoms. The molecule has 0 atom stereocenters. The number of ether oxygens (including phenoxy) is 1. The Morgan fingerprint density at radius 1 is 1.22 bits per heavy atom. The molecule has 11 heteroatoms. The lowest BCUT2D eigenvalue weighted by atomic mass is 10.3. The largest absolute Gasteiger partial charge is 0.573 e. The predicted octanol–water partition coefficient (Wildman–Crippen LogP) is 2.97. The van der Waals surface area contributed by atoms with Crippen LogP contribution in [0.3, 0.4) is 0 Å². The van der Waals surface area contributed by atoms with Gasteiger partial charge in [0.15, 0.2) is 0 Å². The highest BCUT2D eigenvalue weighted by Gasteiger charge is 2.31. The number of rotatable bonds is 8. The third-order valence-electron chi connectivity index (χ3n) is 3.44.